The Morgan fingerprint density at radius 1 is 1.00 bits per heavy atom. The molecule has 0 aliphatic rings. The third kappa shape index (κ3) is 2.13. The fourth-order valence-electron chi connectivity index (χ4n) is 2.18. The number of quaternary nitrogens is 1. The Morgan fingerprint density at radius 3 is 2.12 bits per heavy atom. The van der Waals surface area contributed by atoms with Gasteiger partial charge >= 0.3 is 0 Å². The Morgan fingerprint density at radius 2 is 1.59 bits per heavy atom. The van der Waals surface area contributed by atoms with Gasteiger partial charge in [-0.15, -0.1) is 7.05 Å². The number of hydrogen-bond donors (Lipinski definition) is 0. The Bertz CT molecular complexity index is 531. The summed E-state index contributed by atoms with van der Waals surface area (Å²) in [6.07, 6.45) is 0. The quantitative estimate of drug-likeness (QED) is 0.563. The normalized spacial score (nSPS) is 11.8. The smallest absolute Gasteiger partial charge is 0.116 e. The molecule has 0 unspecified atom stereocenters. The van der Waals surface area contributed by atoms with Gasteiger partial charge in [-0.25, -0.2) is 0 Å². The maximum Gasteiger partial charge on any atom is 0.116 e. The van der Waals surface area contributed by atoms with Gasteiger partial charge in [-0.3, -0.25) is 0 Å². The highest BCUT2D eigenvalue weighted by atomic mass is 15.3. The molecule has 0 amide bonds. The average Bonchev–Trinajstić information content (AvgIpc) is 2.26. The largest absolute Gasteiger partial charge is 0.428 e. The lowest BCUT2D eigenvalue weighted by Gasteiger charge is -2.34. The van der Waals surface area contributed by atoms with E-state index in [1.807, 2.05) is 0 Å². The van der Waals surface area contributed by atoms with Crippen LogP contribution in [0.2, 0.25) is 0 Å². The van der Waals surface area contributed by atoms with Crippen LogP contribution in [0.1, 0.15) is 0 Å². The first-order valence-electron chi connectivity index (χ1n) is 5.79. The minimum absolute atomic E-state index is 0.586. The molecule has 2 heteroatoms. The number of benzene rings is 2. The average molecular weight is 228 g/mol. The molecule has 2 aromatic rings. The molecule has 2 nitrogen and oxygen atoms in total. The van der Waals surface area contributed by atoms with Crippen molar-refractivity contribution in [2.24, 2.45) is 0 Å². The van der Waals surface area contributed by atoms with Crippen molar-refractivity contribution in [2.75, 3.05) is 33.1 Å². The van der Waals surface area contributed by atoms with Gasteiger partial charge in [0.15, 0.2) is 0 Å². The summed E-state index contributed by atoms with van der Waals surface area (Å²) in [6, 6.07) is 12.8. The van der Waals surface area contributed by atoms with Gasteiger partial charge in [0, 0.05) is 33.9 Å². The molecule has 0 heterocycles. The van der Waals surface area contributed by atoms with Crippen molar-refractivity contribution in [3.63, 3.8) is 0 Å². The van der Waals surface area contributed by atoms with Crippen LogP contribution in [0.5, 0.6) is 0 Å². The van der Waals surface area contributed by atoms with Crippen LogP contribution >= 0.6 is 0 Å². The van der Waals surface area contributed by atoms with Crippen molar-refractivity contribution in [3.05, 3.63) is 43.4 Å². The Balaban J connectivity index is 2.86. The lowest BCUT2D eigenvalue weighted by atomic mass is 10.0. The highest BCUT2D eigenvalue weighted by Crippen LogP contribution is 2.35. The third-order valence-corrected chi connectivity index (χ3v) is 2.99. The van der Waals surface area contributed by atoms with Crippen LogP contribution in [0.25, 0.3) is 10.8 Å². The molecule has 0 atom stereocenters. The number of rotatable bonds is 2. The van der Waals surface area contributed by atoms with Gasteiger partial charge in [-0.05, 0) is 17.5 Å². The highest BCUT2D eigenvalue weighted by Gasteiger charge is 2.14. The molecule has 0 spiro atoms. The molecule has 0 aliphatic carbocycles. The van der Waals surface area contributed by atoms with Crippen molar-refractivity contribution >= 4 is 22.1 Å². The van der Waals surface area contributed by atoms with E-state index >= 15 is 0 Å². The number of fused-ring (bicyclic) bond motifs is 1. The second-order valence-corrected chi connectivity index (χ2v) is 5.23. The van der Waals surface area contributed by atoms with Gasteiger partial charge in [0.05, 0.1) is 5.39 Å². The first-order valence-corrected chi connectivity index (χ1v) is 5.79. The van der Waals surface area contributed by atoms with Crippen LogP contribution in [0.3, 0.4) is 0 Å². The zero-order valence-corrected chi connectivity index (χ0v) is 11.1. The molecular weight excluding hydrogens is 208 g/mol. The molecule has 0 aromatic heterocycles. The van der Waals surface area contributed by atoms with Gasteiger partial charge < -0.3 is 9.38 Å². The molecule has 0 fully saturated rings. The molecule has 0 saturated carbocycles. The van der Waals surface area contributed by atoms with E-state index in [9.17, 15) is 0 Å². The maximum absolute atomic E-state index is 4.21. The van der Waals surface area contributed by atoms with Crippen LogP contribution in [0.4, 0.5) is 11.4 Å². The van der Waals surface area contributed by atoms with E-state index < -0.39 is 0 Å². The molecule has 0 saturated heterocycles. The monoisotopic (exact) mass is 228 g/mol. The maximum atomic E-state index is 4.21. The lowest BCUT2D eigenvalue weighted by Crippen LogP contribution is -2.32. The predicted molar refractivity (Wildman–Crippen MR) is 77.3 cm³/mol. The summed E-state index contributed by atoms with van der Waals surface area (Å²) >= 11 is 0. The molecular formula is C15H20N2. The van der Waals surface area contributed by atoms with Gasteiger partial charge in [-0.1, -0.05) is 24.3 Å². The zero-order valence-electron chi connectivity index (χ0n) is 11.1. The number of hydrogen-bond acceptors (Lipinski definition) is 1. The lowest BCUT2D eigenvalue weighted by molar-refractivity contribution is 0.537. The summed E-state index contributed by atoms with van der Waals surface area (Å²) < 4.78 is 0.586. The van der Waals surface area contributed by atoms with Gasteiger partial charge in [0.2, 0.25) is 0 Å². The Labute approximate surface area is 104 Å². The standard InChI is InChI=1S/C15H20N2/c1-16(2)13-10-6-8-12-9-7-11-14(15(12)13)17(3,4)5/h6-11H,3H2,1-2,4-5H3. The van der Waals surface area contributed by atoms with Crippen molar-refractivity contribution in [1.29, 1.82) is 0 Å². The number of nitrogens with zero attached hydrogens (tertiary/aromatic N) is 2. The number of anilines is 1. The van der Waals surface area contributed by atoms with Crippen molar-refractivity contribution < 1.29 is 0 Å². The molecule has 0 N–H and O–H groups in total. The molecule has 17 heavy (non-hydrogen) atoms. The van der Waals surface area contributed by atoms with E-state index in [1.165, 1.54) is 22.1 Å². The van der Waals surface area contributed by atoms with Gasteiger partial charge in [0.1, 0.15) is 5.69 Å². The van der Waals surface area contributed by atoms with E-state index in [-0.39, 0.29) is 0 Å². The summed E-state index contributed by atoms with van der Waals surface area (Å²) in [4.78, 5) is 2.15. The van der Waals surface area contributed by atoms with Crippen LogP contribution in [0, 0.1) is 7.05 Å². The van der Waals surface area contributed by atoms with Crippen molar-refractivity contribution in [2.45, 2.75) is 0 Å². The van der Waals surface area contributed by atoms with Crippen LogP contribution in [0.15, 0.2) is 36.4 Å². The van der Waals surface area contributed by atoms with E-state index in [0.29, 0.717) is 4.48 Å². The predicted octanol–water partition coefficient (Wildman–Crippen LogP) is 3.26. The Hall–Kier alpha value is -1.54. The first-order chi connectivity index (χ1) is 7.91. The van der Waals surface area contributed by atoms with E-state index in [0.717, 1.165) is 0 Å². The fourth-order valence-corrected chi connectivity index (χ4v) is 2.18. The summed E-state index contributed by atoms with van der Waals surface area (Å²) in [7, 11) is 12.6. The Kier molecular flexibility index (Phi) is 2.84. The van der Waals surface area contributed by atoms with Crippen LogP contribution in [-0.4, -0.2) is 28.2 Å². The molecule has 90 valence electrons. The summed E-state index contributed by atoms with van der Waals surface area (Å²) in [5.41, 5.74) is 2.49. The van der Waals surface area contributed by atoms with E-state index in [4.69, 9.17) is 0 Å². The van der Waals surface area contributed by atoms with E-state index in [2.05, 4.69) is 76.5 Å². The topological polar surface area (TPSA) is 3.24 Å². The van der Waals surface area contributed by atoms with Crippen molar-refractivity contribution in [3.8, 4) is 0 Å². The summed E-state index contributed by atoms with van der Waals surface area (Å²) in [6.45, 7) is 0. The zero-order chi connectivity index (χ0) is 12.6. The molecule has 2 aromatic carbocycles. The second kappa shape index (κ2) is 4.04. The van der Waals surface area contributed by atoms with Crippen molar-refractivity contribution in [1.82, 2.24) is 4.48 Å². The minimum atomic E-state index is 0.586. The molecule has 0 bridgehead atoms. The summed E-state index contributed by atoms with van der Waals surface area (Å²) in [5.74, 6) is 0. The van der Waals surface area contributed by atoms with Gasteiger partial charge in [-0.2, -0.15) is 0 Å². The van der Waals surface area contributed by atoms with Crippen LogP contribution in [-0.2, 0) is 0 Å². The minimum Gasteiger partial charge on any atom is -0.428 e. The van der Waals surface area contributed by atoms with Gasteiger partial charge in [0.25, 0.3) is 0 Å². The second-order valence-electron chi connectivity index (χ2n) is 5.23. The SMILES string of the molecule is [CH2-][N+](C)(C)c1cccc2cccc(N(C)C)c12. The summed E-state index contributed by atoms with van der Waals surface area (Å²) in [5, 5.41) is 2.56. The molecule has 2 rings (SSSR count). The van der Waals surface area contributed by atoms with Crippen LogP contribution < -0.4 is 9.38 Å². The van der Waals surface area contributed by atoms with E-state index in [1.54, 1.807) is 0 Å². The fraction of sp³-hybridized carbons (Fsp3) is 0.267. The third-order valence-electron chi connectivity index (χ3n) is 2.99. The highest BCUT2D eigenvalue weighted by molar-refractivity contribution is 6.02. The molecule has 0 radical (unpaired) electrons. The first kappa shape index (κ1) is 11.9. The molecule has 0 aliphatic heterocycles.